The molecule has 9 atom stereocenters. The van der Waals surface area contributed by atoms with Crippen molar-refractivity contribution in [2.24, 2.45) is 0 Å². The van der Waals surface area contributed by atoms with Crippen LogP contribution >= 0.6 is 0 Å². The van der Waals surface area contributed by atoms with Gasteiger partial charge in [0, 0.05) is 0 Å². The summed E-state index contributed by atoms with van der Waals surface area (Å²) < 4.78 is 10.1. The molecule has 0 amide bonds. The molecule has 0 aromatic rings. The van der Waals surface area contributed by atoms with E-state index in [0.717, 1.165) is 0 Å². The minimum absolute atomic E-state index is 0.708. The summed E-state index contributed by atoms with van der Waals surface area (Å²) in [6.07, 6.45) is -15.1. The second-order valence-corrected chi connectivity index (χ2v) is 5.29. The Kier molecular flexibility index (Phi) is 8.20. The zero-order chi connectivity index (χ0) is 17.7. The summed E-state index contributed by atoms with van der Waals surface area (Å²) >= 11 is 0. The van der Waals surface area contributed by atoms with Crippen LogP contribution in [0, 0.1) is 0 Å². The Morgan fingerprint density at radius 3 is 1.87 bits per heavy atom. The number of ether oxygens (including phenoxy) is 2. The topological polar surface area (TPSA) is 201 Å². The molecule has 1 aliphatic rings. The van der Waals surface area contributed by atoms with Gasteiger partial charge in [0.1, 0.15) is 48.8 Å². The van der Waals surface area contributed by atoms with Gasteiger partial charge in [0.05, 0.1) is 19.8 Å². The van der Waals surface area contributed by atoms with Crippen LogP contribution in [0.4, 0.5) is 0 Å². The van der Waals surface area contributed by atoms with E-state index in [2.05, 4.69) is 0 Å². The first-order chi connectivity index (χ1) is 10.8. The van der Waals surface area contributed by atoms with Crippen LogP contribution in [0.5, 0.6) is 0 Å². The van der Waals surface area contributed by atoms with Gasteiger partial charge in [0.2, 0.25) is 0 Å². The van der Waals surface area contributed by atoms with Gasteiger partial charge in [-0.25, -0.2) is 0 Å². The van der Waals surface area contributed by atoms with Gasteiger partial charge in [0.25, 0.3) is 0 Å². The van der Waals surface area contributed by atoms with Crippen LogP contribution in [0.2, 0.25) is 0 Å². The molecule has 1 aliphatic heterocycles. The molecule has 23 heavy (non-hydrogen) atoms. The zero-order valence-electron chi connectivity index (χ0n) is 12.2. The maximum absolute atomic E-state index is 9.83. The molecule has 1 rings (SSSR count). The molecule has 1 saturated heterocycles. The van der Waals surface area contributed by atoms with Crippen molar-refractivity contribution in [3.05, 3.63) is 0 Å². The average Bonchev–Trinajstić information content (AvgIpc) is 2.57. The lowest BCUT2D eigenvalue weighted by molar-refractivity contribution is -0.327. The average molecular weight is 344 g/mol. The summed E-state index contributed by atoms with van der Waals surface area (Å²) in [6.45, 7) is -2.45. The largest absolute Gasteiger partial charge is 0.394 e. The smallest absolute Gasteiger partial charge is 0.187 e. The van der Waals surface area contributed by atoms with Gasteiger partial charge in [-0.3, -0.25) is 0 Å². The van der Waals surface area contributed by atoms with E-state index >= 15 is 0 Å². The Hall–Kier alpha value is -0.440. The molecular formula is C12H24O11. The van der Waals surface area contributed by atoms with Crippen LogP contribution < -0.4 is 0 Å². The Morgan fingerprint density at radius 2 is 1.39 bits per heavy atom. The quantitative estimate of drug-likeness (QED) is 0.203. The second-order valence-electron chi connectivity index (χ2n) is 5.29. The van der Waals surface area contributed by atoms with E-state index in [1.54, 1.807) is 0 Å². The standard InChI is InChI=1S/C12H24O11/c13-1-4(16)7(18)11(5(17)2-14)23-12-10(21)9(20)8(19)6(3-15)22-12/h4-21H,1-3H2/t4-,5+,6+,7+,8+,9-,10+,11+,12-/m1/s1. The van der Waals surface area contributed by atoms with Crippen LogP contribution in [0.3, 0.4) is 0 Å². The summed E-state index contributed by atoms with van der Waals surface area (Å²) in [5.74, 6) is 0. The normalized spacial score (nSPS) is 37.2. The van der Waals surface area contributed by atoms with Gasteiger partial charge in [-0.15, -0.1) is 0 Å². The second kappa shape index (κ2) is 9.15. The first-order valence-corrected chi connectivity index (χ1v) is 7.00. The molecule has 0 aromatic heterocycles. The van der Waals surface area contributed by atoms with Crippen LogP contribution in [-0.4, -0.2) is 121 Å². The van der Waals surface area contributed by atoms with Crippen LogP contribution in [0.1, 0.15) is 0 Å². The highest BCUT2D eigenvalue weighted by atomic mass is 16.7. The third-order valence-corrected chi connectivity index (χ3v) is 3.62. The predicted molar refractivity (Wildman–Crippen MR) is 70.8 cm³/mol. The van der Waals surface area contributed by atoms with Crippen molar-refractivity contribution < 1.29 is 55.4 Å². The molecule has 1 heterocycles. The molecule has 9 N–H and O–H groups in total. The third-order valence-electron chi connectivity index (χ3n) is 3.62. The van der Waals surface area contributed by atoms with Gasteiger partial charge in [-0.1, -0.05) is 0 Å². The molecule has 11 nitrogen and oxygen atoms in total. The number of hydrogen-bond donors (Lipinski definition) is 9. The lowest BCUT2D eigenvalue weighted by Crippen LogP contribution is -2.61. The van der Waals surface area contributed by atoms with E-state index in [1.165, 1.54) is 0 Å². The monoisotopic (exact) mass is 344 g/mol. The highest BCUT2D eigenvalue weighted by Crippen LogP contribution is 2.24. The van der Waals surface area contributed by atoms with Crippen molar-refractivity contribution >= 4 is 0 Å². The van der Waals surface area contributed by atoms with Gasteiger partial charge in [0.15, 0.2) is 6.29 Å². The summed E-state index contributed by atoms with van der Waals surface area (Å²) in [5, 5.41) is 84.9. The SMILES string of the molecule is OC[C@@H](O)[C@H](O)[C@@H](O[C@H]1O[C@@H](CO)[C@H](O)[C@@H](O)[C@@H]1O)[C@@H](O)CO. The fourth-order valence-corrected chi connectivity index (χ4v) is 2.16. The lowest BCUT2D eigenvalue weighted by Gasteiger charge is -2.42. The summed E-state index contributed by atoms with van der Waals surface area (Å²) in [6, 6.07) is 0. The molecular weight excluding hydrogens is 320 g/mol. The summed E-state index contributed by atoms with van der Waals surface area (Å²) in [7, 11) is 0. The molecule has 11 heteroatoms. The molecule has 0 unspecified atom stereocenters. The van der Waals surface area contributed by atoms with E-state index in [9.17, 15) is 30.6 Å². The summed E-state index contributed by atoms with van der Waals surface area (Å²) in [4.78, 5) is 0. The van der Waals surface area contributed by atoms with Crippen molar-refractivity contribution in [2.75, 3.05) is 19.8 Å². The number of rotatable bonds is 8. The molecule has 0 saturated carbocycles. The lowest BCUT2D eigenvalue weighted by atomic mass is 9.98. The molecule has 1 fully saturated rings. The minimum Gasteiger partial charge on any atom is -0.394 e. The molecule has 0 bridgehead atoms. The van der Waals surface area contributed by atoms with Crippen molar-refractivity contribution in [3.8, 4) is 0 Å². The minimum atomic E-state index is -1.85. The third kappa shape index (κ3) is 4.78. The van der Waals surface area contributed by atoms with E-state index in [-0.39, 0.29) is 0 Å². The van der Waals surface area contributed by atoms with Gasteiger partial charge < -0.3 is 55.4 Å². The molecule has 0 aliphatic carbocycles. The highest BCUT2D eigenvalue weighted by molar-refractivity contribution is 4.91. The summed E-state index contributed by atoms with van der Waals surface area (Å²) in [5.41, 5.74) is 0. The van der Waals surface area contributed by atoms with E-state index in [0.29, 0.717) is 0 Å². The van der Waals surface area contributed by atoms with Crippen molar-refractivity contribution in [1.29, 1.82) is 0 Å². The number of hydrogen-bond acceptors (Lipinski definition) is 11. The zero-order valence-corrected chi connectivity index (χ0v) is 12.2. The van der Waals surface area contributed by atoms with Crippen molar-refractivity contribution in [2.45, 2.75) is 55.1 Å². The van der Waals surface area contributed by atoms with Gasteiger partial charge >= 0.3 is 0 Å². The maximum Gasteiger partial charge on any atom is 0.187 e. The van der Waals surface area contributed by atoms with Crippen molar-refractivity contribution in [3.63, 3.8) is 0 Å². The van der Waals surface area contributed by atoms with Crippen LogP contribution in [0.15, 0.2) is 0 Å². The van der Waals surface area contributed by atoms with Crippen LogP contribution in [-0.2, 0) is 9.47 Å². The number of aliphatic hydroxyl groups is 9. The van der Waals surface area contributed by atoms with Gasteiger partial charge in [-0.05, 0) is 0 Å². The van der Waals surface area contributed by atoms with E-state index in [1.807, 2.05) is 0 Å². The molecule has 138 valence electrons. The first-order valence-electron chi connectivity index (χ1n) is 7.00. The van der Waals surface area contributed by atoms with Crippen molar-refractivity contribution in [1.82, 2.24) is 0 Å². The Labute approximate surface area is 131 Å². The van der Waals surface area contributed by atoms with Crippen LogP contribution in [0.25, 0.3) is 0 Å². The first kappa shape index (κ1) is 20.6. The fourth-order valence-electron chi connectivity index (χ4n) is 2.16. The molecule has 0 aromatic carbocycles. The van der Waals surface area contributed by atoms with E-state index < -0.39 is 74.9 Å². The predicted octanol–water partition coefficient (Wildman–Crippen LogP) is -5.76. The Balaban J connectivity index is 2.89. The highest BCUT2D eigenvalue weighted by Gasteiger charge is 2.46. The fraction of sp³-hybridized carbons (Fsp3) is 1.00. The molecule has 0 radical (unpaired) electrons. The number of aliphatic hydroxyl groups excluding tert-OH is 9. The van der Waals surface area contributed by atoms with E-state index in [4.69, 9.17) is 24.8 Å². The Morgan fingerprint density at radius 1 is 0.826 bits per heavy atom. The van der Waals surface area contributed by atoms with Gasteiger partial charge in [-0.2, -0.15) is 0 Å². The Bertz CT molecular complexity index is 341. The maximum atomic E-state index is 9.83. The molecule has 0 spiro atoms.